The Morgan fingerprint density at radius 2 is 2.44 bits per heavy atom. The van der Waals surface area contributed by atoms with Crippen LogP contribution in [0, 0.1) is 5.92 Å². The lowest BCUT2D eigenvalue weighted by molar-refractivity contribution is 0.546. The molecule has 0 saturated heterocycles. The van der Waals surface area contributed by atoms with Crippen molar-refractivity contribution < 1.29 is 0 Å². The lowest BCUT2D eigenvalue weighted by Crippen LogP contribution is -1.92. The Labute approximate surface area is 70.9 Å². The third-order valence-corrected chi connectivity index (χ3v) is 2.62. The molecule has 0 radical (unpaired) electrons. The highest BCUT2D eigenvalue weighted by atomic mass is 127. The van der Waals surface area contributed by atoms with Crippen molar-refractivity contribution in [1.29, 1.82) is 0 Å². The molecular formula is C8H13I. The zero-order chi connectivity index (χ0) is 6.69. The van der Waals surface area contributed by atoms with Gasteiger partial charge < -0.3 is 0 Å². The molecule has 0 aromatic heterocycles. The maximum atomic E-state index is 3.98. The van der Waals surface area contributed by atoms with Crippen molar-refractivity contribution >= 4 is 22.6 Å². The van der Waals surface area contributed by atoms with E-state index in [4.69, 9.17) is 0 Å². The summed E-state index contributed by atoms with van der Waals surface area (Å²) in [5.74, 6) is 0.981. The van der Waals surface area contributed by atoms with Gasteiger partial charge in [-0.15, -0.1) is 0 Å². The zero-order valence-corrected chi connectivity index (χ0v) is 7.86. The third-order valence-electron chi connectivity index (χ3n) is 2.00. The van der Waals surface area contributed by atoms with E-state index in [9.17, 15) is 0 Å². The van der Waals surface area contributed by atoms with Crippen LogP contribution in [0.5, 0.6) is 0 Å². The summed E-state index contributed by atoms with van der Waals surface area (Å²) in [4.78, 5) is 0. The molecule has 0 aromatic carbocycles. The van der Waals surface area contributed by atoms with Crippen molar-refractivity contribution in [2.45, 2.75) is 25.7 Å². The van der Waals surface area contributed by atoms with Crippen molar-refractivity contribution in [3.63, 3.8) is 0 Å². The summed E-state index contributed by atoms with van der Waals surface area (Å²) in [6.07, 6.45) is 5.41. The first kappa shape index (κ1) is 7.58. The molecule has 0 aromatic rings. The Morgan fingerprint density at radius 1 is 1.67 bits per heavy atom. The van der Waals surface area contributed by atoms with Gasteiger partial charge in [0.05, 0.1) is 0 Å². The molecular weight excluding hydrogens is 223 g/mol. The summed E-state index contributed by atoms with van der Waals surface area (Å²) in [6, 6.07) is 0. The largest absolute Gasteiger partial charge is 0.0999 e. The molecule has 1 saturated carbocycles. The van der Waals surface area contributed by atoms with E-state index in [1.165, 1.54) is 35.7 Å². The number of allylic oxidation sites excluding steroid dienone is 1. The molecule has 0 amide bonds. The van der Waals surface area contributed by atoms with Crippen molar-refractivity contribution in [3.05, 3.63) is 12.2 Å². The highest BCUT2D eigenvalue weighted by molar-refractivity contribution is 14.1. The summed E-state index contributed by atoms with van der Waals surface area (Å²) in [7, 11) is 0. The van der Waals surface area contributed by atoms with E-state index in [1.807, 2.05) is 0 Å². The topological polar surface area (TPSA) is 0 Å². The van der Waals surface area contributed by atoms with Crippen LogP contribution in [0.4, 0.5) is 0 Å². The van der Waals surface area contributed by atoms with Crippen molar-refractivity contribution in [2.75, 3.05) is 4.43 Å². The number of hydrogen-bond acceptors (Lipinski definition) is 0. The first-order valence-corrected chi connectivity index (χ1v) is 5.08. The summed E-state index contributed by atoms with van der Waals surface area (Å²) in [6.45, 7) is 3.98. The van der Waals surface area contributed by atoms with Gasteiger partial charge in [0, 0.05) is 0 Å². The van der Waals surface area contributed by atoms with Gasteiger partial charge in [-0.2, -0.15) is 0 Å². The van der Waals surface area contributed by atoms with E-state index < -0.39 is 0 Å². The first-order valence-electron chi connectivity index (χ1n) is 3.55. The van der Waals surface area contributed by atoms with Gasteiger partial charge in [-0.1, -0.05) is 34.7 Å². The molecule has 1 heteroatoms. The second-order valence-electron chi connectivity index (χ2n) is 2.84. The van der Waals surface area contributed by atoms with Gasteiger partial charge in [-0.3, -0.25) is 0 Å². The summed E-state index contributed by atoms with van der Waals surface area (Å²) in [5.41, 5.74) is 1.48. The molecule has 0 bridgehead atoms. The minimum atomic E-state index is 0.981. The molecule has 1 aliphatic rings. The number of halogens is 1. The van der Waals surface area contributed by atoms with E-state index in [-0.39, 0.29) is 0 Å². The lowest BCUT2D eigenvalue weighted by atomic mass is 10.1. The van der Waals surface area contributed by atoms with Gasteiger partial charge in [0.1, 0.15) is 0 Å². The van der Waals surface area contributed by atoms with Gasteiger partial charge >= 0.3 is 0 Å². The normalized spacial score (nSPS) is 27.2. The Morgan fingerprint density at radius 3 is 2.89 bits per heavy atom. The fourth-order valence-corrected chi connectivity index (χ4v) is 2.30. The molecule has 0 aliphatic heterocycles. The SMILES string of the molecule is C=C1CC[C@H](CCI)C1. The second kappa shape index (κ2) is 3.59. The van der Waals surface area contributed by atoms with Gasteiger partial charge in [-0.25, -0.2) is 0 Å². The minimum absolute atomic E-state index is 0.981. The Balaban J connectivity index is 2.22. The Bertz CT molecular complexity index is 107. The monoisotopic (exact) mass is 236 g/mol. The van der Waals surface area contributed by atoms with Gasteiger partial charge in [0.15, 0.2) is 0 Å². The van der Waals surface area contributed by atoms with Crippen LogP contribution in [0.1, 0.15) is 25.7 Å². The van der Waals surface area contributed by atoms with Crippen molar-refractivity contribution in [1.82, 2.24) is 0 Å². The predicted molar refractivity (Wildman–Crippen MR) is 50.0 cm³/mol. The molecule has 1 fully saturated rings. The quantitative estimate of drug-likeness (QED) is 0.392. The van der Waals surface area contributed by atoms with Crippen LogP contribution >= 0.6 is 22.6 Å². The average Bonchev–Trinajstić information content (AvgIpc) is 2.17. The van der Waals surface area contributed by atoms with Crippen molar-refractivity contribution in [3.8, 4) is 0 Å². The molecule has 1 atom stereocenters. The fourth-order valence-electron chi connectivity index (χ4n) is 1.42. The molecule has 1 rings (SSSR count). The smallest absolute Gasteiger partial charge is 0.000198 e. The third kappa shape index (κ3) is 2.28. The average molecular weight is 236 g/mol. The highest BCUT2D eigenvalue weighted by Gasteiger charge is 2.16. The van der Waals surface area contributed by atoms with Gasteiger partial charge in [-0.05, 0) is 36.0 Å². The molecule has 0 N–H and O–H groups in total. The minimum Gasteiger partial charge on any atom is -0.0999 e. The molecule has 9 heavy (non-hydrogen) atoms. The van der Waals surface area contributed by atoms with E-state index in [2.05, 4.69) is 29.2 Å². The Kier molecular flexibility index (Phi) is 3.02. The van der Waals surface area contributed by atoms with Gasteiger partial charge in [0.2, 0.25) is 0 Å². The summed E-state index contributed by atoms with van der Waals surface area (Å²) >= 11 is 2.45. The van der Waals surface area contributed by atoms with Crippen LogP contribution in [0.3, 0.4) is 0 Å². The highest BCUT2D eigenvalue weighted by Crippen LogP contribution is 2.31. The zero-order valence-electron chi connectivity index (χ0n) is 5.70. The molecule has 0 unspecified atom stereocenters. The summed E-state index contributed by atoms with van der Waals surface area (Å²) in [5, 5.41) is 0. The fraction of sp³-hybridized carbons (Fsp3) is 0.750. The van der Waals surface area contributed by atoms with Crippen LogP contribution in [-0.2, 0) is 0 Å². The van der Waals surface area contributed by atoms with Crippen LogP contribution in [0.2, 0.25) is 0 Å². The van der Waals surface area contributed by atoms with Crippen LogP contribution < -0.4 is 0 Å². The Hall–Kier alpha value is 0.470. The number of hydrogen-bond donors (Lipinski definition) is 0. The van der Waals surface area contributed by atoms with Gasteiger partial charge in [0.25, 0.3) is 0 Å². The maximum Gasteiger partial charge on any atom is -0.000198 e. The van der Waals surface area contributed by atoms with Crippen LogP contribution in [-0.4, -0.2) is 4.43 Å². The molecule has 1 aliphatic carbocycles. The van der Waals surface area contributed by atoms with E-state index in [1.54, 1.807) is 0 Å². The van der Waals surface area contributed by atoms with Crippen LogP contribution in [0.25, 0.3) is 0 Å². The van der Waals surface area contributed by atoms with Crippen LogP contribution in [0.15, 0.2) is 12.2 Å². The predicted octanol–water partition coefficient (Wildman–Crippen LogP) is 3.17. The standard InChI is InChI=1S/C8H13I/c1-7-2-3-8(6-7)4-5-9/h8H,1-6H2/t8-/m1/s1. The number of rotatable bonds is 2. The lowest BCUT2D eigenvalue weighted by Gasteiger charge is -2.02. The number of alkyl halides is 1. The maximum absolute atomic E-state index is 3.98. The second-order valence-corrected chi connectivity index (χ2v) is 3.92. The van der Waals surface area contributed by atoms with E-state index >= 15 is 0 Å². The molecule has 0 heterocycles. The van der Waals surface area contributed by atoms with Crippen molar-refractivity contribution in [2.24, 2.45) is 5.92 Å². The molecule has 0 nitrogen and oxygen atoms in total. The summed E-state index contributed by atoms with van der Waals surface area (Å²) < 4.78 is 1.32. The molecule has 0 spiro atoms. The first-order chi connectivity index (χ1) is 4.33. The molecule has 52 valence electrons. The van der Waals surface area contributed by atoms with E-state index in [0.717, 1.165) is 5.92 Å². The van der Waals surface area contributed by atoms with E-state index in [0.29, 0.717) is 0 Å².